The molecule has 0 aliphatic rings. The number of rotatable bonds is 5. The lowest BCUT2D eigenvalue weighted by atomic mass is 10.2. The molecule has 94 valence electrons. The molecular formula is C12H15Cl2NO2. The first-order chi connectivity index (χ1) is 8.04. The molecule has 17 heavy (non-hydrogen) atoms. The number of ether oxygens (including phenoxy) is 1. The summed E-state index contributed by atoms with van der Waals surface area (Å²) in [7, 11) is 0. The van der Waals surface area contributed by atoms with Crippen molar-refractivity contribution in [2.45, 2.75) is 25.8 Å². The van der Waals surface area contributed by atoms with Gasteiger partial charge in [0.05, 0.1) is 6.61 Å². The molecule has 1 aromatic rings. The molecule has 1 unspecified atom stereocenters. The van der Waals surface area contributed by atoms with Crippen molar-refractivity contribution in [2.24, 2.45) is 0 Å². The lowest BCUT2D eigenvalue weighted by Gasteiger charge is -2.12. The lowest BCUT2D eigenvalue weighted by Crippen LogP contribution is -2.29. The first-order valence-electron chi connectivity index (χ1n) is 5.37. The second-order valence-electron chi connectivity index (χ2n) is 3.52. The van der Waals surface area contributed by atoms with Gasteiger partial charge in [-0.3, -0.25) is 4.79 Å². The van der Waals surface area contributed by atoms with Crippen LogP contribution in [0.5, 0.6) is 5.75 Å². The van der Waals surface area contributed by atoms with Crippen molar-refractivity contribution in [3.63, 3.8) is 0 Å². The van der Waals surface area contributed by atoms with E-state index in [1.807, 2.05) is 6.92 Å². The van der Waals surface area contributed by atoms with Gasteiger partial charge in [0.1, 0.15) is 11.1 Å². The van der Waals surface area contributed by atoms with Gasteiger partial charge in [-0.25, -0.2) is 0 Å². The number of hydrogen-bond donors (Lipinski definition) is 1. The number of benzene rings is 1. The minimum atomic E-state index is -0.551. The molecule has 0 aliphatic carbocycles. The monoisotopic (exact) mass is 275 g/mol. The Morgan fingerprint density at radius 1 is 1.53 bits per heavy atom. The fourth-order valence-corrected chi connectivity index (χ4v) is 1.58. The Labute approximate surface area is 111 Å². The molecule has 0 fully saturated rings. The van der Waals surface area contributed by atoms with E-state index in [2.05, 4.69) is 5.32 Å². The minimum Gasteiger partial charge on any atom is -0.494 e. The van der Waals surface area contributed by atoms with Gasteiger partial charge < -0.3 is 10.1 Å². The maximum Gasteiger partial charge on any atom is 0.238 e. The molecule has 0 saturated heterocycles. The van der Waals surface area contributed by atoms with Crippen LogP contribution in [0.2, 0.25) is 5.02 Å². The summed E-state index contributed by atoms with van der Waals surface area (Å²) in [6.07, 6.45) is 0. The zero-order valence-electron chi connectivity index (χ0n) is 9.80. The van der Waals surface area contributed by atoms with E-state index in [9.17, 15) is 4.79 Å². The fourth-order valence-electron chi connectivity index (χ4n) is 1.31. The smallest absolute Gasteiger partial charge is 0.238 e. The number of hydrogen-bond acceptors (Lipinski definition) is 2. The number of halogens is 2. The minimum absolute atomic E-state index is 0.214. The fraction of sp³-hybridized carbons (Fsp3) is 0.417. The predicted octanol–water partition coefficient (Wildman–Crippen LogP) is 2.98. The molecule has 0 saturated carbocycles. The summed E-state index contributed by atoms with van der Waals surface area (Å²) < 4.78 is 5.44. The second kappa shape index (κ2) is 6.72. The van der Waals surface area contributed by atoms with Crippen LogP contribution >= 0.6 is 23.2 Å². The third kappa shape index (κ3) is 4.44. The Balaban J connectivity index is 2.74. The van der Waals surface area contributed by atoms with Gasteiger partial charge in [-0.05, 0) is 32.0 Å². The standard InChI is InChI=1S/C12H15Cl2NO2/c1-3-17-11-5-4-10(14)6-9(11)7-15-12(16)8(2)13/h4-6,8H,3,7H2,1-2H3,(H,15,16). The van der Waals surface area contributed by atoms with Crippen molar-refractivity contribution in [1.82, 2.24) is 5.32 Å². The highest BCUT2D eigenvalue weighted by Crippen LogP contribution is 2.22. The van der Waals surface area contributed by atoms with Crippen molar-refractivity contribution in [3.05, 3.63) is 28.8 Å². The van der Waals surface area contributed by atoms with Gasteiger partial charge in [-0.15, -0.1) is 11.6 Å². The molecule has 1 rings (SSSR count). The number of amides is 1. The zero-order valence-corrected chi connectivity index (χ0v) is 11.3. The van der Waals surface area contributed by atoms with Crippen LogP contribution in [-0.2, 0) is 11.3 Å². The highest BCUT2D eigenvalue weighted by atomic mass is 35.5. The molecule has 1 N–H and O–H groups in total. The molecule has 0 bridgehead atoms. The van der Waals surface area contributed by atoms with Crippen LogP contribution in [0.3, 0.4) is 0 Å². The van der Waals surface area contributed by atoms with Gasteiger partial charge in [0.25, 0.3) is 0 Å². The first kappa shape index (κ1) is 14.1. The first-order valence-corrected chi connectivity index (χ1v) is 6.19. The number of carbonyl (C=O) groups excluding carboxylic acids is 1. The highest BCUT2D eigenvalue weighted by Gasteiger charge is 2.10. The maximum absolute atomic E-state index is 11.4. The summed E-state index contributed by atoms with van der Waals surface area (Å²) >= 11 is 11.6. The molecule has 5 heteroatoms. The van der Waals surface area contributed by atoms with E-state index >= 15 is 0 Å². The second-order valence-corrected chi connectivity index (χ2v) is 4.61. The van der Waals surface area contributed by atoms with Crippen molar-refractivity contribution in [1.29, 1.82) is 0 Å². The molecular weight excluding hydrogens is 261 g/mol. The van der Waals surface area contributed by atoms with Crippen LogP contribution in [0.25, 0.3) is 0 Å². The lowest BCUT2D eigenvalue weighted by molar-refractivity contribution is -0.120. The quantitative estimate of drug-likeness (QED) is 0.839. The normalized spacial score (nSPS) is 12.0. The Bertz CT molecular complexity index is 394. The number of nitrogens with one attached hydrogen (secondary N) is 1. The molecule has 0 radical (unpaired) electrons. The summed E-state index contributed by atoms with van der Waals surface area (Å²) in [6, 6.07) is 5.31. The molecule has 1 atom stereocenters. The SMILES string of the molecule is CCOc1ccc(Cl)cc1CNC(=O)C(C)Cl. The van der Waals surface area contributed by atoms with Crippen LogP contribution in [0.1, 0.15) is 19.4 Å². The Morgan fingerprint density at radius 3 is 2.82 bits per heavy atom. The Morgan fingerprint density at radius 2 is 2.24 bits per heavy atom. The molecule has 3 nitrogen and oxygen atoms in total. The molecule has 0 spiro atoms. The Hall–Kier alpha value is -0.930. The van der Waals surface area contributed by atoms with Gasteiger partial charge in [-0.2, -0.15) is 0 Å². The van der Waals surface area contributed by atoms with E-state index < -0.39 is 5.38 Å². The molecule has 0 heterocycles. The molecule has 1 amide bonds. The molecule has 0 aromatic heterocycles. The summed E-state index contributed by atoms with van der Waals surface area (Å²) in [5.41, 5.74) is 0.838. The van der Waals surface area contributed by atoms with E-state index in [0.29, 0.717) is 18.2 Å². The summed E-state index contributed by atoms with van der Waals surface area (Å²) in [5, 5.41) is 2.77. The van der Waals surface area contributed by atoms with Gasteiger partial charge in [-0.1, -0.05) is 11.6 Å². The van der Waals surface area contributed by atoms with E-state index in [4.69, 9.17) is 27.9 Å². The van der Waals surface area contributed by atoms with Crippen molar-refractivity contribution < 1.29 is 9.53 Å². The van der Waals surface area contributed by atoms with Crippen LogP contribution in [0, 0.1) is 0 Å². The summed E-state index contributed by atoms with van der Waals surface area (Å²) in [4.78, 5) is 11.4. The predicted molar refractivity (Wildman–Crippen MR) is 69.8 cm³/mol. The molecule has 1 aromatic carbocycles. The zero-order chi connectivity index (χ0) is 12.8. The van der Waals surface area contributed by atoms with E-state index in [0.717, 1.165) is 11.3 Å². The van der Waals surface area contributed by atoms with Crippen molar-refractivity contribution in [3.8, 4) is 5.75 Å². The van der Waals surface area contributed by atoms with Crippen LogP contribution in [-0.4, -0.2) is 17.9 Å². The van der Waals surface area contributed by atoms with Gasteiger partial charge in [0.15, 0.2) is 0 Å². The van der Waals surface area contributed by atoms with Gasteiger partial charge >= 0.3 is 0 Å². The maximum atomic E-state index is 11.4. The van der Waals surface area contributed by atoms with Crippen LogP contribution in [0.4, 0.5) is 0 Å². The highest BCUT2D eigenvalue weighted by molar-refractivity contribution is 6.31. The average molecular weight is 276 g/mol. The molecule has 0 aliphatic heterocycles. The third-order valence-electron chi connectivity index (χ3n) is 2.14. The Kier molecular flexibility index (Phi) is 5.59. The topological polar surface area (TPSA) is 38.3 Å². The van der Waals surface area contributed by atoms with Crippen LogP contribution < -0.4 is 10.1 Å². The van der Waals surface area contributed by atoms with Crippen molar-refractivity contribution in [2.75, 3.05) is 6.61 Å². The largest absolute Gasteiger partial charge is 0.494 e. The van der Waals surface area contributed by atoms with Gasteiger partial charge in [0, 0.05) is 17.1 Å². The number of carbonyl (C=O) groups is 1. The van der Waals surface area contributed by atoms with Crippen LogP contribution in [0.15, 0.2) is 18.2 Å². The van der Waals surface area contributed by atoms with E-state index in [1.165, 1.54) is 0 Å². The summed E-state index contributed by atoms with van der Waals surface area (Å²) in [5.74, 6) is 0.508. The number of alkyl halides is 1. The average Bonchev–Trinajstić information content (AvgIpc) is 2.29. The third-order valence-corrected chi connectivity index (χ3v) is 2.57. The van der Waals surface area contributed by atoms with Gasteiger partial charge in [0.2, 0.25) is 5.91 Å². The van der Waals surface area contributed by atoms with E-state index in [1.54, 1.807) is 25.1 Å². The van der Waals surface area contributed by atoms with Crippen molar-refractivity contribution >= 4 is 29.1 Å². The summed E-state index contributed by atoms with van der Waals surface area (Å²) in [6.45, 7) is 4.44. The van der Waals surface area contributed by atoms with E-state index in [-0.39, 0.29) is 5.91 Å².